The fraction of sp³-hybridized carbons (Fsp3) is 0.133. The van der Waals surface area contributed by atoms with Gasteiger partial charge in [-0.05, 0) is 30.7 Å². The number of rotatable bonds is 4. The fourth-order valence-electron chi connectivity index (χ4n) is 1.87. The Morgan fingerprint density at radius 1 is 1.38 bits per heavy atom. The number of nitrogens with two attached hydrogens (primary N) is 1. The van der Waals surface area contributed by atoms with Gasteiger partial charge in [0.25, 0.3) is 0 Å². The zero-order valence-electron chi connectivity index (χ0n) is 11.4. The van der Waals surface area contributed by atoms with Crippen molar-refractivity contribution in [3.05, 3.63) is 63.4 Å². The monoisotopic (exact) mass is 351 g/mol. The number of anilines is 1. The van der Waals surface area contributed by atoms with Crippen LogP contribution in [0.4, 0.5) is 10.1 Å². The van der Waals surface area contributed by atoms with E-state index in [1.165, 1.54) is 6.07 Å². The van der Waals surface area contributed by atoms with Crippen molar-refractivity contribution in [2.45, 2.75) is 13.5 Å². The molecule has 2 aromatic carbocycles. The molecule has 110 valence electrons. The predicted octanol–water partition coefficient (Wildman–Crippen LogP) is 3.60. The molecule has 0 saturated carbocycles. The lowest BCUT2D eigenvalue weighted by Gasteiger charge is -2.10. The summed E-state index contributed by atoms with van der Waals surface area (Å²) in [6.45, 7) is 2.29. The third kappa shape index (κ3) is 3.52. The molecule has 0 aromatic heterocycles. The van der Waals surface area contributed by atoms with Crippen LogP contribution >= 0.6 is 15.9 Å². The third-order valence-electron chi connectivity index (χ3n) is 3.12. The molecule has 6 heteroatoms. The summed E-state index contributed by atoms with van der Waals surface area (Å²) >= 11 is 3.45. The highest BCUT2D eigenvalue weighted by Crippen LogP contribution is 2.21. The van der Waals surface area contributed by atoms with Gasteiger partial charge in [-0.15, -0.1) is 0 Å². The molecule has 0 amide bonds. The number of aryl methyl sites for hydroxylation is 1. The summed E-state index contributed by atoms with van der Waals surface area (Å²) in [4.78, 5) is 0. The van der Waals surface area contributed by atoms with Gasteiger partial charge in [-0.1, -0.05) is 39.3 Å². The molecule has 4 N–H and O–H groups in total. The molecule has 0 heterocycles. The molecule has 2 aromatic rings. The van der Waals surface area contributed by atoms with Gasteiger partial charge >= 0.3 is 0 Å². The van der Waals surface area contributed by atoms with E-state index in [0.29, 0.717) is 12.1 Å². The van der Waals surface area contributed by atoms with Crippen LogP contribution in [0.3, 0.4) is 0 Å². The smallest absolute Gasteiger partial charge is 0.173 e. The minimum Gasteiger partial charge on any atom is -0.409 e. The summed E-state index contributed by atoms with van der Waals surface area (Å²) in [5.41, 5.74) is 7.97. The van der Waals surface area contributed by atoms with E-state index in [2.05, 4.69) is 26.4 Å². The highest BCUT2D eigenvalue weighted by Gasteiger charge is 2.11. The van der Waals surface area contributed by atoms with Crippen molar-refractivity contribution in [3.63, 3.8) is 0 Å². The van der Waals surface area contributed by atoms with Gasteiger partial charge in [-0.25, -0.2) is 4.39 Å². The van der Waals surface area contributed by atoms with E-state index in [-0.39, 0.29) is 11.4 Å². The second kappa shape index (κ2) is 6.58. The molecule has 0 aliphatic carbocycles. The van der Waals surface area contributed by atoms with E-state index in [1.54, 1.807) is 12.1 Å². The molecule has 21 heavy (non-hydrogen) atoms. The number of hydrogen-bond donors (Lipinski definition) is 3. The van der Waals surface area contributed by atoms with Crippen LogP contribution in [0.2, 0.25) is 0 Å². The summed E-state index contributed by atoms with van der Waals surface area (Å²) in [5.74, 6) is -0.737. The van der Waals surface area contributed by atoms with Gasteiger partial charge in [-0.2, -0.15) is 0 Å². The van der Waals surface area contributed by atoms with Gasteiger partial charge in [0.2, 0.25) is 0 Å². The Morgan fingerprint density at radius 2 is 2.14 bits per heavy atom. The quantitative estimate of drug-likeness (QED) is 0.341. The molecule has 0 aliphatic heterocycles. The van der Waals surface area contributed by atoms with E-state index in [1.807, 2.05) is 25.1 Å². The highest BCUT2D eigenvalue weighted by molar-refractivity contribution is 9.10. The summed E-state index contributed by atoms with van der Waals surface area (Å²) < 4.78 is 15.2. The van der Waals surface area contributed by atoms with E-state index < -0.39 is 5.82 Å². The van der Waals surface area contributed by atoms with Crippen molar-refractivity contribution in [1.29, 1.82) is 0 Å². The van der Waals surface area contributed by atoms with Gasteiger partial charge in [0.1, 0.15) is 5.82 Å². The van der Waals surface area contributed by atoms with Gasteiger partial charge in [0.15, 0.2) is 5.84 Å². The molecule has 0 unspecified atom stereocenters. The van der Waals surface area contributed by atoms with Crippen LogP contribution in [0.1, 0.15) is 16.7 Å². The maximum Gasteiger partial charge on any atom is 0.173 e. The van der Waals surface area contributed by atoms with Crippen LogP contribution < -0.4 is 11.1 Å². The van der Waals surface area contributed by atoms with Gasteiger partial charge in [0.05, 0.1) is 5.56 Å². The van der Waals surface area contributed by atoms with Crippen LogP contribution in [0.15, 0.2) is 46.0 Å². The minimum atomic E-state index is -0.494. The molecule has 0 bridgehead atoms. The maximum atomic E-state index is 14.2. The first-order valence-electron chi connectivity index (χ1n) is 6.28. The molecule has 0 fully saturated rings. The summed E-state index contributed by atoms with van der Waals surface area (Å²) in [6.07, 6.45) is 0. The van der Waals surface area contributed by atoms with Crippen molar-refractivity contribution >= 4 is 27.5 Å². The SMILES string of the molecule is Cc1ccc(NCc2cccc(/C(N)=N/O)c2F)cc1Br. The van der Waals surface area contributed by atoms with Crippen LogP contribution in [-0.2, 0) is 6.54 Å². The number of oxime groups is 1. The van der Waals surface area contributed by atoms with Crippen LogP contribution in [-0.4, -0.2) is 11.0 Å². The van der Waals surface area contributed by atoms with Crippen LogP contribution in [0.25, 0.3) is 0 Å². The minimum absolute atomic E-state index is 0.0851. The standard InChI is InChI=1S/C15H15BrFN3O/c1-9-5-6-11(7-13(9)16)19-8-10-3-2-4-12(14(10)17)15(18)20-21/h2-7,19,21H,8H2,1H3,(H2,18,20). The first-order chi connectivity index (χ1) is 10.0. The summed E-state index contributed by atoms with van der Waals surface area (Å²) in [5, 5.41) is 14.6. The zero-order valence-corrected chi connectivity index (χ0v) is 13.0. The normalized spacial score (nSPS) is 11.5. The lowest BCUT2D eigenvalue weighted by molar-refractivity contribution is 0.318. The predicted molar refractivity (Wildman–Crippen MR) is 85.1 cm³/mol. The molecule has 4 nitrogen and oxygen atoms in total. The van der Waals surface area contributed by atoms with Gasteiger partial charge in [0, 0.05) is 22.3 Å². The topological polar surface area (TPSA) is 70.6 Å². The number of amidine groups is 1. The van der Waals surface area contributed by atoms with Gasteiger partial charge < -0.3 is 16.3 Å². The number of halogens is 2. The first kappa shape index (κ1) is 15.3. The van der Waals surface area contributed by atoms with E-state index in [9.17, 15) is 4.39 Å². The number of hydrogen-bond acceptors (Lipinski definition) is 3. The maximum absolute atomic E-state index is 14.2. The lowest BCUT2D eigenvalue weighted by Crippen LogP contribution is -2.16. The van der Waals surface area contributed by atoms with Crippen LogP contribution in [0.5, 0.6) is 0 Å². The second-order valence-electron chi connectivity index (χ2n) is 4.58. The molecule has 0 spiro atoms. The Morgan fingerprint density at radius 3 is 2.81 bits per heavy atom. The van der Waals surface area contributed by atoms with Crippen LogP contribution in [0, 0.1) is 12.7 Å². The molecule has 2 rings (SSSR count). The van der Waals surface area contributed by atoms with E-state index >= 15 is 0 Å². The van der Waals surface area contributed by atoms with E-state index in [0.717, 1.165) is 15.7 Å². The van der Waals surface area contributed by atoms with E-state index in [4.69, 9.17) is 10.9 Å². The first-order valence-corrected chi connectivity index (χ1v) is 7.07. The molecule has 0 aliphatic rings. The average molecular weight is 352 g/mol. The fourth-order valence-corrected chi connectivity index (χ4v) is 2.25. The molecule has 0 saturated heterocycles. The Labute approximate surface area is 130 Å². The third-order valence-corrected chi connectivity index (χ3v) is 3.97. The van der Waals surface area contributed by atoms with Crippen molar-refractivity contribution in [2.24, 2.45) is 10.9 Å². The largest absolute Gasteiger partial charge is 0.409 e. The van der Waals surface area contributed by atoms with Crippen molar-refractivity contribution in [1.82, 2.24) is 0 Å². The number of nitrogens with zero attached hydrogens (tertiary/aromatic N) is 1. The van der Waals surface area contributed by atoms with Crippen molar-refractivity contribution in [2.75, 3.05) is 5.32 Å². The lowest BCUT2D eigenvalue weighted by atomic mass is 10.1. The highest BCUT2D eigenvalue weighted by atomic mass is 79.9. The number of benzene rings is 2. The Balaban J connectivity index is 2.18. The molecular weight excluding hydrogens is 337 g/mol. The Hall–Kier alpha value is -2.08. The molecule has 0 radical (unpaired) electrons. The Bertz CT molecular complexity index is 689. The van der Waals surface area contributed by atoms with Gasteiger partial charge in [-0.3, -0.25) is 0 Å². The molecule has 0 atom stereocenters. The molecular formula is C15H15BrFN3O. The Kier molecular flexibility index (Phi) is 4.80. The second-order valence-corrected chi connectivity index (χ2v) is 5.44. The number of nitrogens with one attached hydrogen (secondary N) is 1. The summed E-state index contributed by atoms with van der Waals surface area (Å²) in [7, 11) is 0. The van der Waals surface area contributed by atoms with Crippen molar-refractivity contribution in [3.8, 4) is 0 Å². The average Bonchev–Trinajstić information content (AvgIpc) is 2.49. The summed E-state index contributed by atoms with van der Waals surface area (Å²) in [6, 6.07) is 10.6. The van der Waals surface area contributed by atoms with Crippen molar-refractivity contribution < 1.29 is 9.60 Å². The zero-order chi connectivity index (χ0) is 15.4.